The Morgan fingerprint density at radius 3 is 2.95 bits per heavy atom. The maximum Gasteiger partial charge on any atom is 0.234 e. The van der Waals surface area contributed by atoms with Crippen molar-refractivity contribution in [1.29, 1.82) is 0 Å². The minimum absolute atomic E-state index is 0.0398. The molecule has 0 bridgehead atoms. The average molecular weight is 272 g/mol. The van der Waals surface area contributed by atoms with Gasteiger partial charge in [-0.3, -0.25) is 9.69 Å². The smallest absolute Gasteiger partial charge is 0.234 e. The molecule has 1 aliphatic heterocycles. The van der Waals surface area contributed by atoms with Crippen LogP contribution >= 0.6 is 0 Å². The monoisotopic (exact) mass is 272 g/mol. The van der Waals surface area contributed by atoms with Crippen LogP contribution in [0.15, 0.2) is 30.9 Å². The molecule has 0 aliphatic carbocycles. The minimum Gasteiger partial charge on any atom is -0.383 e. The van der Waals surface area contributed by atoms with Gasteiger partial charge in [0.15, 0.2) is 0 Å². The fraction of sp³-hybridized carbons (Fsp3) is 0.214. The second kappa shape index (κ2) is 4.56. The van der Waals surface area contributed by atoms with Gasteiger partial charge in [0.1, 0.15) is 11.6 Å². The highest BCUT2D eigenvalue weighted by molar-refractivity contribution is 5.96. The zero-order chi connectivity index (χ0) is 14.3. The molecule has 1 aromatic heterocycles. The van der Waals surface area contributed by atoms with Gasteiger partial charge >= 0.3 is 0 Å². The predicted molar refractivity (Wildman–Crippen MR) is 74.6 cm³/mol. The standard InChI is InChI=1S/C14H13FN4O/c1-2-8-6-11(20)19(7-8)14-17-10-5-3-4-9(15)12(10)13(16)18-14/h2-5,8H,1,6-7H2,(H2,16,17,18). The van der Waals surface area contributed by atoms with E-state index >= 15 is 0 Å². The van der Waals surface area contributed by atoms with Gasteiger partial charge in [-0.05, 0) is 12.1 Å². The summed E-state index contributed by atoms with van der Waals surface area (Å²) < 4.78 is 13.7. The number of hydrogen-bond acceptors (Lipinski definition) is 4. The average Bonchev–Trinajstić information content (AvgIpc) is 2.79. The molecule has 20 heavy (non-hydrogen) atoms. The summed E-state index contributed by atoms with van der Waals surface area (Å²) >= 11 is 0. The van der Waals surface area contributed by atoms with Crippen LogP contribution in [-0.2, 0) is 4.79 Å². The molecule has 1 saturated heterocycles. The number of rotatable bonds is 2. The van der Waals surface area contributed by atoms with E-state index in [0.717, 1.165) is 0 Å². The molecule has 1 amide bonds. The van der Waals surface area contributed by atoms with Gasteiger partial charge in [-0.2, -0.15) is 4.98 Å². The van der Waals surface area contributed by atoms with Crippen LogP contribution in [0.4, 0.5) is 16.2 Å². The van der Waals surface area contributed by atoms with E-state index in [0.29, 0.717) is 18.5 Å². The van der Waals surface area contributed by atoms with E-state index in [1.165, 1.54) is 11.0 Å². The number of aromatic nitrogens is 2. The van der Waals surface area contributed by atoms with E-state index in [4.69, 9.17) is 5.73 Å². The van der Waals surface area contributed by atoms with E-state index in [9.17, 15) is 9.18 Å². The molecule has 3 rings (SSSR count). The van der Waals surface area contributed by atoms with Crippen LogP contribution in [-0.4, -0.2) is 22.4 Å². The Bertz CT molecular complexity index is 716. The third-order valence-electron chi connectivity index (χ3n) is 3.42. The van der Waals surface area contributed by atoms with Gasteiger partial charge in [-0.25, -0.2) is 9.37 Å². The van der Waals surface area contributed by atoms with Crippen LogP contribution in [0.1, 0.15) is 6.42 Å². The summed E-state index contributed by atoms with van der Waals surface area (Å²) in [5, 5.41) is 0.183. The van der Waals surface area contributed by atoms with Crippen LogP contribution in [0.3, 0.4) is 0 Å². The lowest BCUT2D eigenvalue weighted by Crippen LogP contribution is -2.26. The van der Waals surface area contributed by atoms with Gasteiger partial charge in [0, 0.05) is 18.9 Å². The van der Waals surface area contributed by atoms with Crippen LogP contribution in [0, 0.1) is 11.7 Å². The Hall–Kier alpha value is -2.50. The summed E-state index contributed by atoms with van der Waals surface area (Å²) in [6, 6.07) is 4.49. The number of fused-ring (bicyclic) bond motifs is 1. The van der Waals surface area contributed by atoms with Crippen molar-refractivity contribution in [2.45, 2.75) is 6.42 Å². The van der Waals surface area contributed by atoms with Crippen molar-refractivity contribution < 1.29 is 9.18 Å². The number of amides is 1. The number of anilines is 2. The molecule has 0 spiro atoms. The van der Waals surface area contributed by atoms with E-state index in [1.54, 1.807) is 18.2 Å². The second-order valence-corrected chi connectivity index (χ2v) is 4.75. The molecule has 2 N–H and O–H groups in total. The number of nitrogens with zero attached hydrogens (tertiary/aromatic N) is 3. The molecule has 2 aromatic rings. The molecule has 1 unspecified atom stereocenters. The number of hydrogen-bond donors (Lipinski definition) is 1. The van der Waals surface area contributed by atoms with Crippen molar-refractivity contribution in [2.24, 2.45) is 5.92 Å². The van der Waals surface area contributed by atoms with Gasteiger partial charge in [0.25, 0.3) is 0 Å². The zero-order valence-electron chi connectivity index (χ0n) is 10.7. The van der Waals surface area contributed by atoms with Crippen molar-refractivity contribution in [1.82, 2.24) is 9.97 Å². The summed E-state index contributed by atoms with van der Waals surface area (Å²) in [5.74, 6) is -0.211. The van der Waals surface area contributed by atoms with Gasteiger partial charge < -0.3 is 5.73 Å². The lowest BCUT2D eigenvalue weighted by molar-refractivity contribution is -0.117. The third kappa shape index (κ3) is 1.89. The number of carbonyl (C=O) groups is 1. The van der Waals surface area contributed by atoms with Crippen LogP contribution in [0.25, 0.3) is 10.9 Å². The van der Waals surface area contributed by atoms with Crippen LogP contribution in [0.2, 0.25) is 0 Å². The van der Waals surface area contributed by atoms with Crippen molar-refractivity contribution in [3.8, 4) is 0 Å². The molecule has 1 atom stereocenters. The number of carbonyl (C=O) groups excluding carboxylic acids is 1. The maximum atomic E-state index is 13.7. The quantitative estimate of drug-likeness (QED) is 0.847. The summed E-state index contributed by atoms with van der Waals surface area (Å²) in [6.45, 7) is 4.17. The molecule has 102 valence electrons. The Balaban J connectivity index is 2.10. The van der Waals surface area contributed by atoms with Gasteiger partial charge in [-0.1, -0.05) is 12.1 Å². The SMILES string of the molecule is C=CC1CC(=O)N(c2nc(N)c3c(F)cccc3n2)C1. The van der Waals surface area contributed by atoms with Crippen molar-refractivity contribution in [3.05, 3.63) is 36.7 Å². The lowest BCUT2D eigenvalue weighted by atomic mass is 10.1. The molecule has 1 aliphatic rings. The molecule has 0 saturated carbocycles. The lowest BCUT2D eigenvalue weighted by Gasteiger charge is -2.15. The van der Waals surface area contributed by atoms with Crippen LogP contribution < -0.4 is 10.6 Å². The predicted octanol–water partition coefficient (Wildman–Crippen LogP) is 1.89. The Labute approximate surface area is 114 Å². The first-order valence-electron chi connectivity index (χ1n) is 6.25. The molecule has 2 heterocycles. The van der Waals surface area contributed by atoms with E-state index in [-0.39, 0.29) is 29.0 Å². The van der Waals surface area contributed by atoms with Crippen molar-refractivity contribution >= 4 is 28.6 Å². The summed E-state index contributed by atoms with van der Waals surface area (Å²) in [4.78, 5) is 21.7. The molecule has 1 fully saturated rings. The summed E-state index contributed by atoms with van der Waals surface area (Å²) in [5.41, 5.74) is 6.18. The maximum absolute atomic E-state index is 13.7. The first kappa shape index (κ1) is 12.5. The first-order chi connectivity index (χ1) is 9.60. The largest absolute Gasteiger partial charge is 0.383 e. The molecular formula is C14H13FN4O. The minimum atomic E-state index is -0.469. The highest BCUT2D eigenvalue weighted by Gasteiger charge is 2.31. The second-order valence-electron chi connectivity index (χ2n) is 4.75. The number of halogens is 1. The highest BCUT2D eigenvalue weighted by Crippen LogP contribution is 2.27. The Morgan fingerprint density at radius 2 is 2.25 bits per heavy atom. The van der Waals surface area contributed by atoms with E-state index in [1.807, 2.05) is 0 Å². The van der Waals surface area contributed by atoms with Crippen molar-refractivity contribution in [2.75, 3.05) is 17.2 Å². The van der Waals surface area contributed by atoms with Gasteiger partial charge in [0.05, 0.1) is 10.9 Å². The summed E-state index contributed by atoms with van der Waals surface area (Å²) in [7, 11) is 0. The first-order valence-corrected chi connectivity index (χ1v) is 6.25. The Kier molecular flexibility index (Phi) is 2.85. The van der Waals surface area contributed by atoms with Crippen molar-refractivity contribution in [3.63, 3.8) is 0 Å². The number of benzene rings is 1. The number of nitrogen functional groups attached to an aromatic ring is 1. The molecule has 6 heteroatoms. The molecule has 0 radical (unpaired) electrons. The fourth-order valence-corrected chi connectivity index (χ4v) is 2.36. The Morgan fingerprint density at radius 1 is 1.45 bits per heavy atom. The normalized spacial score (nSPS) is 18.8. The molecule has 5 nitrogen and oxygen atoms in total. The van der Waals surface area contributed by atoms with Gasteiger partial charge in [-0.15, -0.1) is 6.58 Å². The fourth-order valence-electron chi connectivity index (χ4n) is 2.36. The van der Waals surface area contributed by atoms with Gasteiger partial charge in [0.2, 0.25) is 11.9 Å². The topological polar surface area (TPSA) is 72.1 Å². The van der Waals surface area contributed by atoms with Crippen LogP contribution in [0.5, 0.6) is 0 Å². The molecular weight excluding hydrogens is 259 g/mol. The summed E-state index contributed by atoms with van der Waals surface area (Å²) in [6.07, 6.45) is 2.12. The van der Waals surface area contributed by atoms with E-state index in [2.05, 4.69) is 16.5 Å². The molecule has 1 aromatic carbocycles. The number of nitrogens with two attached hydrogens (primary N) is 1. The van der Waals surface area contributed by atoms with E-state index < -0.39 is 5.82 Å². The highest BCUT2D eigenvalue weighted by atomic mass is 19.1. The third-order valence-corrected chi connectivity index (χ3v) is 3.42. The zero-order valence-corrected chi connectivity index (χ0v) is 10.7.